The monoisotopic (exact) mass is 322 g/mol. The number of carbonyl (C=O) groups is 1. The average Bonchev–Trinajstić information content (AvgIpc) is 3.23. The Morgan fingerprint density at radius 2 is 2.09 bits per heavy atom. The van der Waals surface area contributed by atoms with Crippen LogP contribution < -0.4 is 0 Å². The lowest BCUT2D eigenvalue weighted by Crippen LogP contribution is -2.37. The first kappa shape index (κ1) is 15.9. The number of aromatic nitrogens is 1. The van der Waals surface area contributed by atoms with Gasteiger partial charge in [0.2, 0.25) is 5.01 Å². The Bertz CT molecular complexity index is 493. The molecule has 1 aromatic rings. The summed E-state index contributed by atoms with van der Waals surface area (Å²) in [5, 5.41) is 2.52. The molecule has 0 aliphatic heterocycles. The van der Waals surface area contributed by atoms with Gasteiger partial charge in [-0.25, -0.2) is 9.78 Å². The van der Waals surface area contributed by atoms with Crippen LogP contribution in [0.15, 0.2) is 5.38 Å². The minimum atomic E-state index is -0.287. The summed E-state index contributed by atoms with van der Waals surface area (Å²) in [6.45, 7) is 4.32. The van der Waals surface area contributed by atoms with Crippen LogP contribution in [0.25, 0.3) is 0 Å². The molecule has 0 bridgehead atoms. The van der Waals surface area contributed by atoms with E-state index in [9.17, 15) is 4.79 Å². The Morgan fingerprint density at radius 3 is 2.77 bits per heavy atom. The maximum atomic E-state index is 11.7. The zero-order valence-electron chi connectivity index (χ0n) is 13.4. The zero-order chi connectivity index (χ0) is 15.4. The van der Waals surface area contributed by atoms with Crippen LogP contribution in [0.5, 0.6) is 0 Å². The van der Waals surface area contributed by atoms with Crippen LogP contribution >= 0.6 is 11.3 Å². The molecule has 1 aromatic heterocycles. The molecule has 0 spiro atoms. The quantitative estimate of drug-likeness (QED) is 0.715. The van der Waals surface area contributed by atoms with Crippen molar-refractivity contribution in [1.82, 2.24) is 9.88 Å². The SMILES string of the molecule is CCOC(=O)c1nc(CN(CC2CC2)C2CCCCC2)cs1. The fourth-order valence-electron chi connectivity index (χ4n) is 3.30. The summed E-state index contributed by atoms with van der Waals surface area (Å²) in [7, 11) is 0. The molecular formula is C17H26N2O2S. The fraction of sp³-hybridized carbons (Fsp3) is 0.765. The van der Waals surface area contributed by atoms with Gasteiger partial charge in [0.25, 0.3) is 0 Å². The number of carbonyl (C=O) groups excluding carboxylic acids is 1. The minimum absolute atomic E-state index is 0.287. The van der Waals surface area contributed by atoms with Crippen molar-refractivity contribution >= 4 is 17.3 Å². The van der Waals surface area contributed by atoms with E-state index in [1.165, 1.54) is 62.8 Å². The predicted octanol–water partition coefficient (Wildman–Crippen LogP) is 3.86. The Morgan fingerprint density at radius 1 is 1.32 bits per heavy atom. The third-order valence-electron chi connectivity index (χ3n) is 4.65. The number of hydrogen-bond acceptors (Lipinski definition) is 5. The molecule has 5 heteroatoms. The Kier molecular flexibility index (Phi) is 5.47. The lowest BCUT2D eigenvalue weighted by molar-refractivity contribution is 0.0525. The average molecular weight is 322 g/mol. The summed E-state index contributed by atoms with van der Waals surface area (Å²) in [4.78, 5) is 18.9. The topological polar surface area (TPSA) is 42.4 Å². The molecule has 0 unspecified atom stereocenters. The molecule has 0 radical (unpaired) electrons. The molecule has 0 N–H and O–H groups in total. The summed E-state index contributed by atoms with van der Waals surface area (Å²) in [5.74, 6) is 0.607. The van der Waals surface area contributed by atoms with Crippen molar-refractivity contribution in [2.24, 2.45) is 5.92 Å². The second kappa shape index (κ2) is 7.55. The van der Waals surface area contributed by atoms with Crippen molar-refractivity contribution in [3.63, 3.8) is 0 Å². The van der Waals surface area contributed by atoms with Gasteiger partial charge in [-0.1, -0.05) is 19.3 Å². The van der Waals surface area contributed by atoms with E-state index in [0.29, 0.717) is 17.7 Å². The lowest BCUT2D eigenvalue weighted by Gasteiger charge is -2.34. The fourth-order valence-corrected chi connectivity index (χ4v) is 4.00. The second-order valence-corrected chi connectivity index (χ2v) is 7.39. The van der Waals surface area contributed by atoms with Crippen LogP contribution in [0.2, 0.25) is 0 Å². The van der Waals surface area contributed by atoms with Crippen LogP contribution in [0.4, 0.5) is 0 Å². The Labute approximate surface area is 136 Å². The number of nitrogens with zero attached hydrogens (tertiary/aromatic N) is 2. The van der Waals surface area contributed by atoms with Crippen molar-refractivity contribution in [3.8, 4) is 0 Å². The molecule has 2 saturated carbocycles. The smallest absolute Gasteiger partial charge is 0.367 e. The number of rotatable bonds is 7. The van der Waals surface area contributed by atoms with Gasteiger partial charge in [-0.2, -0.15) is 0 Å². The minimum Gasteiger partial charge on any atom is -0.461 e. The van der Waals surface area contributed by atoms with Crippen molar-refractivity contribution < 1.29 is 9.53 Å². The summed E-state index contributed by atoms with van der Waals surface area (Å²) >= 11 is 1.41. The van der Waals surface area contributed by atoms with Gasteiger partial charge >= 0.3 is 5.97 Å². The highest BCUT2D eigenvalue weighted by atomic mass is 32.1. The number of thiazole rings is 1. The Balaban J connectivity index is 1.62. The zero-order valence-corrected chi connectivity index (χ0v) is 14.2. The first-order chi connectivity index (χ1) is 10.8. The first-order valence-electron chi connectivity index (χ1n) is 8.62. The van der Waals surface area contributed by atoms with E-state index in [2.05, 4.69) is 9.88 Å². The summed E-state index contributed by atoms with van der Waals surface area (Å²) in [6.07, 6.45) is 9.51. The molecular weight excluding hydrogens is 296 g/mol. The molecule has 2 aliphatic carbocycles. The van der Waals surface area contributed by atoms with Gasteiger partial charge in [0, 0.05) is 24.5 Å². The molecule has 1 heterocycles. The number of ether oxygens (including phenoxy) is 1. The standard InChI is InChI=1S/C17H26N2O2S/c1-2-21-17(20)16-18-14(12-22-16)11-19(10-13-8-9-13)15-6-4-3-5-7-15/h12-13,15H,2-11H2,1H3. The highest BCUT2D eigenvalue weighted by molar-refractivity contribution is 7.11. The maximum absolute atomic E-state index is 11.7. The van der Waals surface area contributed by atoms with Gasteiger partial charge in [0.1, 0.15) is 0 Å². The molecule has 0 saturated heterocycles. The molecule has 3 rings (SSSR count). The molecule has 2 fully saturated rings. The summed E-state index contributed by atoms with van der Waals surface area (Å²) in [6, 6.07) is 0.710. The van der Waals surface area contributed by atoms with E-state index in [1.54, 1.807) is 0 Å². The van der Waals surface area contributed by atoms with Gasteiger partial charge in [-0.15, -0.1) is 11.3 Å². The summed E-state index contributed by atoms with van der Waals surface area (Å²) in [5.41, 5.74) is 1.03. The summed E-state index contributed by atoms with van der Waals surface area (Å²) < 4.78 is 5.03. The number of esters is 1. The largest absolute Gasteiger partial charge is 0.461 e. The molecule has 0 atom stereocenters. The van der Waals surface area contributed by atoms with Crippen molar-refractivity contribution in [2.75, 3.05) is 13.2 Å². The molecule has 0 aromatic carbocycles. The van der Waals surface area contributed by atoms with E-state index >= 15 is 0 Å². The maximum Gasteiger partial charge on any atom is 0.367 e. The van der Waals surface area contributed by atoms with E-state index in [-0.39, 0.29) is 5.97 Å². The highest BCUT2D eigenvalue weighted by Crippen LogP contribution is 2.33. The molecule has 22 heavy (non-hydrogen) atoms. The van der Waals surface area contributed by atoms with E-state index in [1.807, 2.05) is 12.3 Å². The third kappa shape index (κ3) is 4.29. The van der Waals surface area contributed by atoms with Crippen LogP contribution in [0.3, 0.4) is 0 Å². The third-order valence-corrected chi connectivity index (χ3v) is 5.52. The molecule has 2 aliphatic rings. The van der Waals surface area contributed by atoms with Gasteiger partial charge < -0.3 is 4.74 Å². The van der Waals surface area contributed by atoms with Crippen LogP contribution in [-0.4, -0.2) is 35.0 Å². The predicted molar refractivity (Wildman–Crippen MR) is 88.1 cm³/mol. The van der Waals surface area contributed by atoms with Crippen molar-refractivity contribution in [2.45, 2.75) is 64.5 Å². The first-order valence-corrected chi connectivity index (χ1v) is 9.49. The van der Waals surface area contributed by atoms with Crippen LogP contribution in [0.1, 0.15) is 67.4 Å². The van der Waals surface area contributed by atoms with Gasteiger partial charge in [-0.05, 0) is 38.5 Å². The van der Waals surface area contributed by atoms with Crippen molar-refractivity contribution in [3.05, 3.63) is 16.1 Å². The normalized spacial score (nSPS) is 19.5. The lowest BCUT2D eigenvalue weighted by atomic mass is 9.94. The Hall–Kier alpha value is -0.940. The van der Waals surface area contributed by atoms with Gasteiger partial charge in [0.05, 0.1) is 12.3 Å². The molecule has 4 nitrogen and oxygen atoms in total. The van der Waals surface area contributed by atoms with E-state index < -0.39 is 0 Å². The van der Waals surface area contributed by atoms with Crippen molar-refractivity contribution in [1.29, 1.82) is 0 Å². The van der Waals surface area contributed by atoms with Crippen LogP contribution in [-0.2, 0) is 11.3 Å². The van der Waals surface area contributed by atoms with Gasteiger partial charge in [0.15, 0.2) is 0 Å². The van der Waals surface area contributed by atoms with E-state index in [0.717, 1.165) is 18.2 Å². The second-order valence-electron chi connectivity index (χ2n) is 6.53. The highest BCUT2D eigenvalue weighted by Gasteiger charge is 2.29. The van der Waals surface area contributed by atoms with Gasteiger partial charge in [-0.3, -0.25) is 4.90 Å². The van der Waals surface area contributed by atoms with Crippen LogP contribution in [0, 0.1) is 5.92 Å². The molecule has 122 valence electrons. The number of hydrogen-bond donors (Lipinski definition) is 0. The molecule has 0 amide bonds. The van der Waals surface area contributed by atoms with E-state index in [4.69, 9.17) is 4.74 Å².